The Balaban J connectivity index is 2.24. The number of rotatable bonds is 4. The normalized spacial score (nSPS) is 19.2. The molecule has 1 saturated carbocycles. The minimum atomic E-state index is 0.157. The Morgan fingerprint density at radius 2 is 1.71 bits per heavy atom. The van der Waals surface area contributed by atoms with E-state index in [-0.39, 0.29) is 5.41 Å². The number of aromatic nitrogens is 4. The van der Waals surface area contributed by atoms with Gasteiger partial charge in [0.1, 0.15) is 0 Å². The second-order valence-corrected chi connectivity index (χ2v) is 5.57. The van der Waals surface area contributed by atoms with Crippen molar-refractivity contribution in [3.63, 3.8) is 0 Å². The lowest BCUT2D eigenvalue weighted by molar-refractivity contribution is 0.250. The number of thioether (sulfide) groups is 1. The van der Waals surface area contributed by atoms with Crippen LogP contribution in [0, 0.1) is 0 Å². The van der Waals surface area contributed by atoms with E-state index in [1.807, 2.05) is 6.26 Å². The molecular weight excluding hydrogens is 232 g/mol. The molecule has 4 nitrogen and oxygen atoms in total. The minimum Gasteiger partial charge on any atom is -0.130 e. The van der Waals surface area contributed by atoms with Gasteiger partial charge in [-0.3, -0.25) is 0 Å². The topological polar surface area (TPSA) is 51.6 Å². The zero-order valence-corrected chi connectivity index (χ0v) is 11.5. The molecule has 0 atom stereocenters. The fourth-order valence-corrected chi connectivity index (χ4v) is 3.05. The Kier molecular flexibility index (Phi) is 4.31. The molecule has 1 aliphatic rings. The summed E-state index contributed by atoms with van der Waals surface area (Å²) in [4.78, 5) is 0. The molecule has 1 aromatic heterocycles. The zero-order valence-electron chi connectivity index (χ0n) is 10.6. The van der Waals surface area contributed by atoms with Crippen molar-refractivity contribution in [2.75, 3.05) is 6.26 Å². The summed E-state index contributed by atoms with van der Waals surface area (Å²) in [5, 5.41) is 17.6. The van der Waals surface area contributed by atoms with Gasteiger partial charge in [0.25, 0.3) is 0 Å². The van der Waals surface area contributed by atoms with Crippen LogP contribution in [0.4, 0.5) is 0 Å². The van der Waals surface area contributed by atoms with E-state index >= 15 is 0 Å². The van der Waals surface area contributed by atoms with Crippen molar-refractivity contribution in [2.45, 2.75) is 62.4 Å². The number of nitrogens with zero attached hydrogens (tertiary/aromatic N) is 4. The smallest absolute Gasteiger partial charge is 0.130 e. The number of hydrogen-bond donors (Lipinski definition) is 0. The van der Waals surface area contributed by atoms with Crippen molar-refractivity contribution in [3.05, 3.63) is 5.82 Å². The van der Waals surface area contributed by atoms with Gasteiger partial charge in [-0.2, -0.15) is 0 Å². The molecule has 0 unspecified atom stereocenters. The van der Waals surface area contributed by atoms with Gasteiger partial charge in [0, 0.05) is 5.41 Å². The van der Waals surface area contributed by atoms with Crippen molar-refractivity contribution in [2.24, 2.45) is 0 Å². The first-order valence-corrected chi connectivity index (χ1v) is 7.65. The summed E-state index contributed by atoms with van der Waals surface area (Å²) in [5.41, 5.74) is 0.157. The third-order valence-electron chi connectivity index (χ3n) is 3.66. The molecule has 2 rings (SSSR count). The van der Waals surface area contributed by atoms with Gasteiger partial charge in [0.2, 0.25) is 5.16 Å². The molecular formula is C12H20N4S. The summed E-state index contributed by atoms with van der Waals surface area (Å²) in [7, 11) is 0. The van der Waals surface area contributed by atoms with Gasteiger partial charge in [-0.25, -0.2) is 0 Å². The van der Waals surface area contributed by atoms with E-state index in [4.69, 9.17) is 0 Å². The number of hydrogen-bond acceptors (Lipinski definition) is 5. The molecule has 1 fully saturated rings. The first-order valence-electron chi connectivity index (χ1n) is 6.42. The van der Waals surface area contributed by atoms with Crippen LogP contribution in [0.2, 0.25) is 0 Å². The third-order valence-corrected chi connectivity index (χ3v) is 4.19. The lowest BCUT2D eigenvalue weighted by atomic mass is 9.70. The molecule has 0 saturated heterocycles. The highest BCUT2D eigenvalue weighted by Gasteiger charge is 2.36. The van der Waals surface area contributed by atoms with Crippen LogP contribution >= 0.6 is 11.8 Å². The predicted molar refractivity (Wildman–Crippen MR) is 69.1 cm³/mol. The van der Waals surface area contributed by atoms with Crippen LogP contribution < -0.4 is 0 Å². The second-order valence-electron chi connectivity index (χ2n) is 4.80. The molecule has 0 amide bonds. The molecule has 1 heterocycles. The first kappa shape index (κ1) is 12.7. The van der Waals surface area contributed by atoms with Crippen LogP contribution in [0.1, 0.15) is 57.7 Å². The molecule has 0 aromatic carbocycles. The largest absolute Gasteiger partial charge is 0.229 e. The van der Waals surface area contributed by atoms with E-state index in [0.717, 1.165) is 12.2 Å². The molecule has 0 radical (unpaired) electrons. The lowest BCUT2D eigenvalue weighted by Crippen LogP contribution is -2.32. The van der Waals surface area contributed by atoms with Crippen molar-refractivity contribution in [1.82, 2.24) is 20.4 Å². The van der Waals surface area contributed by atoms with Gasteiger partial charge in [-0.15, -0.1) is 20.4 Å². The van der Waals surface area contributed by atoms with Crippen LogP contribution in [0.5, 0.6) is 0 Å². The Labute approximate surface area is 107 Å². The van der Waals surface area contributed by atoms with Crippen molar-refractivity contribution >= 4 is 11.8 Å². The summed E-state index contributed by atoms with van der Waals surface area (Å²) in [6.45, 7) is 2.23. The van der Waals surface area contributed by atoms with E-state index in [9.17, 15) is 0 Å². The van der Waals surface area contributed by atoms with Crippen LogP contribution in [0.3, 0.4) is 0 Å². The van der Waals surface area contributed by atoms with Gasteiger partial charge < -0.3 is 0 Å². The lowest BCUT2D eigenvalue weighted by Gasteiger charge is -2.34. The summed E-state index contributed by atoms with van der Waals surface area (Å²) in [6, 6.07) is 0. The fourth-order valence-electron chi connectivity index (χ4n) is 2.81. The molecule has 0 bridgehead atoms. The van der Waals surface area contributed by atoms with Crippen molar-refractivity contribution in [1.29, 1.82) is 0 Å². The van der Waals surface area contributed by atoms with Gasteiger partial charge in [0.15, 0.2) is 5.82 Å². The fraction of sp³-hybridized carbons (Fsp3) is 0.833. The monoisotopic (exact) mass is 252 g/mol. The molecule has 0 aliphatic heterocycles. The molecule has 17 heavy (non-hydrogen) atoms. The first-order chi connectivity index (χ1) is 8.30. The predicted octanol–water partition coefficient (Wildman–Crippen LogP) is 2.99. The molecule has 0 N–H and O–H groups in total. The van der Waals surface area contributed by atoms with Gasteiger partial charge in [-0.05, 0) is 25.5 Å². The van der Waals surface area contributed by atoms with Crippen LogP contribution in [-0.2, 0) is 5.41 Å². The van der Waals surface area contributed by atoms with Gasteiger partial charge in [0.05, 0.1) is 0 Å². The summed E-state index contributed by atoms with van der Waals surface area (Å²) in [5.74, 6) is 0.872. The summed E-state index contributed by atoms with van der Waals surface area (Å²) in [6.07, 6.45) is 10.6. The summed E-state index contributed by atoms with van der Waals surface area (Å²) >= 11 is 1.49. The standard InChI is InChI=1S/C12H20N4S/c1-3-7-12(8-5-4-6-9-12)10-13-15-11(17-2)16-14-10/h3-9H2,1-2H3. The van der Waals surface area contributed by atoms with E-state index in [2.05, 4.69) is 27.3 Å². The van der Waals surface area contributed by atoms with Crippen LogP contribution in [0.25, 0.3) is 0 Å². The highest BCUT2D eigenvalue weighted by atomic mass is 32.2. The van der Waals surface area contributed by atoms with E-state index in [0.29, 0.717) is 5.16 Å². The average Bonchev–Trinajstić information content (AvgIpc) is 2.40. The van der Waals surface area contributed by atoms with E-state index in [1.54, 1.807) is 0 Å². The Morgan fingerprint density at radius 1 is 1.06 bits per heavy atom. The van der Waals surface area contributed by atoms with Gasteiger partial charge in [-0.1, -0.05) is 44.4 Å². The average molecular weight is 252 g/mol. The zero-order chi connectivity index (χ0) is 12.1. The Morgan fingerprint density at radius 3 is 2.24 bits per heavy atom. The SMILES string of the molecule is CCCC1(c2nnc(SC)nn2)CCCCC1. The van der Waals surface area contributed by atoms with E-state index < -0.39 is 0 Å². The Bertz CT molecular complexity index is 341. The quantitative estimate of drug-likeness (QED) is 0.771. The van der Waals surface area contributed by atoms with Gasteiger partial charge >= 0.3 is 0 Å². The highest BCUT2D eigenvalue weighted by Crippen LogP contribution is 2.40. The van der Waals surface area contributed by atoms with E-state index in [1.165, 1.54) is 50.3 Å². The molecule has 5 heteroatoms. The van der Waals surface area contributed by atoms with Crippen LogP contribution in [0.15, 0.2) is 5.16 Å². The third kappa shape index (κ3) is 2.76. The second kappa shape index (κ2) is 5.76. The molecule has 94 valence electrons. The maximum absolute atomic E-state index is 4.32. The maximum Gasteiger partial charge on any atom is 0.229 e. The minimum absolute atomic E-state index is 0.157. The highest BCUT2D eigenvalue weighted by molar-refractivity contribution is 7.98. The molecule has 0 spiro atoms. The van der Waals surface area contributed by atoms with Crippen molar-refractivity contribution in [3.8, 4) is 0 Å². The van der Waals surface area contributed by atoms with Crippen molar-refractivity contribution < 1.29 is 0 Å². The summed E-state index contributed by atoms with van der Waals surface area (Å²) < 4.78 is 0. The molecule has 1 aromatic rings. The maximum atomic E-state index is 4.32. The van der Waals surface area contributed by atoms with Crippen LogP contribution in [-0.4, -0.2) is 26.7 Å². The molecule has 1 aliphatic carbocycles. The Hall–Kier alpha value is -0.710.